The third-order valence-corrected chi connectivity index (χ3v) is 1.57. The third kappa shape index (κ3) is 3.36. The predicted octanol–water partition coefficient (Wildman–Crippen LogP) is -1.16. The molecular weight excluding hydrogens is 186 g/mol. The van der Waals surface area contributed by atoms with Crippen LogP contribution >= 0.6 is 12.4 Å². The summed E-state index contributed by atoms with van der Waals surface area (Å²) in [5, 5.41) is 20.1. The van der Waals surface area contributed by atoms with Crippen molar-refractivity contribution in [2.45, 2.75) is 12.1 Å². The molecule has 0 saturated carbocycles. The highest BCUT2D eigenvalue weighted by Crippen LogP contribution is 2.03. The maximum Gasteiger partial charge on any atom is 0.317 e. The van der Waals surface area contributed by atoms with E-state index < -0.39 is 12.1 Å². The van der Waals surface area contributed by atoms with Gasteiger partial charge in [-0.25, -0.2) is 0 Å². The molecule has 6 heteroatoms. The van der Waals surface area contributed by atoms with E-state index in [9.17, 15) is 4.79 Å². The molecule has 1 aliphatic heterocycles. The van der Waals surface area contributed by atoms with Crippen LogP contribution < -0.4 is 5.32 Å². The first-order valence-electron chi connectivity index (χ1n) is 3.41. The van der Waals surface area contributed by atoms with Gasteiger partial charge in [-0.05, 0) is 0 Å². The predicted molar refractivity (Wildman–Crippen MR) is 43.5 cm³/mol. The van der Waals surface area contributed by atoms with Gasteiger partial charge in [0.15, 0.2) is 0 Å². The molecule has 1 rings (SSSR count). The SMILES string of the molecule is Cl.O=C(O)CNC1COCC1O. The molecule has 0 bridgehead atoms. The number of halogens is 1. The monoisotopic (exact) mass is 197 g/mol. The number of aliphatic hydroxyl groups excluding tert-OH is 1. The largest absolute Gasteiger partial charge is 0.480 e. The molecule has 3 N–H and O–H groups in total. The normalized spacial score (nSPS) is 28.1. The number of nitrogens with one attached hydrogen (secondary N) is 1. The standard InChI is InChI=1S/C6H11NO4.ClH/c8-5-3-11-2-4(5)7-1-6(9)10;/h4-5,7-8H,1-3H2,(H,9,10);1H. The van der Waals surface area contributed by atoms with Crippen LogP contribution in [0.5, 0.6) is 0 Å². The minimum Gasteiger partial charge on any atom is -0.480 e. The molecule has 0 aromatic rings. The summed E-state index contributed by atoms with van der Waals surface area (Å²) in [5.74, 6) is -0.927. The van der Waals surface area contributed by atoms with Gasteiger partial charge in [-0.1, -0.05) is 0 Å². The number of carbonyl (C=O) groups is 1. The van der Waals surface area contributed by atoms with Crippen molar-refractivity contribution < 1.29 is 19.7 Å². The number of carboxylic acids is 1. The highest BCUT2D eigenvalue weighted by Gasteiger charge is 2.25. The molecule has 1 saturated heterocycles. The molecule has 0 aliphatic carbocycles. The maximum absolute atomic E-state index is 10.1. The number of carboxylic acid groups (broad SMARTS) is 1. The van der Waals surface area contributed by atoms with Crippen LogP contribution in [0.1, 0.15) is 0 Å². The zero-order chi connectivity index (χ0) is 8.27. The van der Waals surface area contributed by atoms with Crippen LogP contribution in [0, 0.1) is 0 Å². The van der Waals surface area contributed by atoms with Crippen molar-refractivity contribution in [3.63, 3.8) is 0 Å². The first-order chi connectivity index (χ1) is 5.20. The average molecular weight is 198 g/mol. The molecule has 5 nitrogen and oxygen atoms in total. The van der Waals surface area contributed by atoms with Crippen molar-refractivity contribution in [2.24, 2.45) is 0 Å². The highest BCUT2D eigenvalue weighted by molar-refractivity contribution is 5.85. The van der Waals surface area contributed by atoms with Gasteiger partial charge in [-0.3, -0.25) is 10.1 Å². The Bertz CT molecular complexity index is 154. The molecule has 0 spiro atoms. The Morgan fingerprint density at radius 2 is 2.25 bits per heavy atom. The second-order valence-electron chi connectivity index (χ2n) is 2.49. The summed E-state index contributed by atoms with van der Waals surface area (Å²) in [6.45, 7) is 0.539. The summed E-state index contributed by atoms with van der Waals surface area (Å²) in [6.07, 6.45) is -0.575. The average Bonchev–Trinajstić information content (AvgIpc) is 2.31. The van der Waals surface area contributed by atoms with Crippen LogP contribution in [0.2, 0.25) is 0 Å². The van der Waals surface area contributed by atoms with E-state index in [2.05, 4.69) is 5.32 Å². The number of ether oxygens (including phenoxy) is 1. The van der Waals surface area contributed by atoms with Gasteiger partial charge in [-0.2, -0.15) is 0 Å². The van der Waals surface area contributed by atoms with Gasteiger partial charge in [0.25, 0.3) is 0 Å². The topological polar surface area (TPSA) is 78.8 Å². The number of rotatable bonds is 3. The summed E-state index contributed by atoms with van der Waals surface area (Å²) in [6, 6.07) is -0.230. The van der Waals surface area contributed by atoms with Crippen molar-refractivity contribution >= 4 is 18.4 Å². The summed E-state index contributed by atoms with van der Waals surface area (Å²) < 4.78 is 4.90. The Hall–Kier alpha value is -0.360. The number of hydrogen-bond donors (Lipinski definition) is 3. The first kappa shape index (κ1) is 11.6. The smallest absolute Gasteiger partial charge is 0.317 e. The minimum absolute atomic E-state index is 0. The van der Waals surface area contributed by atoms with Gasteiger partial charge in [-0.15, -0.1) is 12.4 Å². The second kappa shape index (κ2) is 5.31. The highest BCUT2D eigenvalue weighted by atomic mass is 35.5. The Balaban J connectivity index is 0.00000121. The second-order valence-corrected chi connectivity index (χ2v) is 2.49. The van der Waals surface area contributed by atoms with E-state index in [1.165, 1.54) is 0 Å². The molecule has 0 aromatic carbocycles. The first-order valence-corrected chi connectivity index (χ1v) is 3.41. The van der Waals surface area contributed by atoms with Crippen molar-refractivity contribution in [3.05, 3.63) is 0 Å². The molecule has 12 heavy (non-hydrogen) atoms. The van der Waals surface area contributed by atoms with E-state index in [4.69, 9.17) is 14.9 Å². The lowest BCUT2D eigenvalue weighted by atomic mass is 10.2. The molecule has 0 radical (unpaired) electrons. The Labute approximate surface area is 76.1 Å². The van der Waals surface area contributed by atoms with Gasteiger partial charge in [0.05, 0.1) is 31.9 Å². The zero-order valence-electron chi connectivity index (χ0n) is 6.40. The van der Waals surface area contributed by atoms with Gasteiger partial charge in [0.1, 0.15) is 0 Å². The van der Waals surface area contributed by atoms with E-state index in [-0.39, 0.29) is 31.6 Å². The molecule has 2 atom stereocenters. The van der Waals surface area contributed by atoms with Crippen molar-refractivity contribution in [2.75, 3.05) is 19.8 Å². The fourth-order valence-corrected chi connectivity index (χ4v) is 0.956. The van der Waals surface area contributed by atoms with Crippen molar-refractivity contribution in [1.82, 2.24) is 5.32 Å². The Morgan fingerprint density at radius 1 is 1.58 bits per heavy atom. The number of aliphatic carboxylic acids is 1. The summed E-state index contributed by atoms with van der Waals surface area (Å²) in [4.78, 5) is 10.1. The van der Waals surface area contributed by atoms with E-state index in [1.807, 2.05) is 0 Å². The van der Waals surface area contributed by atoms with E-state index >= 15 is 0 Å². The van der Waals surface area contributed by atoms with Crippen LogP contribution in [-0.2, 0) is 9.53 Å². The zero-order valence-corrected chi connectivity index (χ0v) is 7.21. The van der Waals surface area contributed by atoms with E-state index in [0.717, 1.165) is 0 Å². The minimum atomic E-state index is -0.927. The quantitative estimate of drug-likeness (QED) is 0.532. The molecule has 0 aromatic heterocycles. The summed E-state index contributed by atoms with van der Waals surface area (Å²) in [7, 11) is 0. The Morgan fingerprint density at radius 3 is 2.67 bits per heavy atom. The molecule has 1 fully saturated rings. The maximum atomic E-state index is 10.1. The van der Waals surface area contributed by atoms with Crippen LogP contribution in [-0.4, -0.2) is 48.1 Å². The fourth-order valence-electron chi connectivity index (χ4n) is 0.956. The third-order valence-electron chi connectivity index (χ3n) is 1.57. The van der Waals surface area contributed by atoms with Crippen LogP contribution in [0.3, 0.4) is 0 Å². The van der Waals surface area contributed by atoms with Gasteiger partial charge in [0.2, 0.25) is 0 Å². The number of aliphatic hydroxyl groups is 1. The lowest BCUT2D eigenvalue weighted by Gasteiger charge is -2.11. The molecule has 72 valence electrons. The van der Waals surface area contributed by atoms with Crippen LogP contribution in [0.15, 0.2) is 0 Å². The van der Waals surface area contributed by atoms with Gasteiger partial charge < -0.3 is 14.9 Å². The van der Waals surface area contributed by atoms with Gasteiger partial charge >= 0.3 is 5.97 Å². The van der Waals surface area contributed by atoms with E-state index in [0.29, 0.717) is 6.61 Å². The summed E-state index contributed by atoms with van der Waals surface area (Å²) in [5.41, 5.74) is 0. The van der Waals surface area contributed by atoms with Crippen molar-refractivity contribution in [3.8, 4) is 0 Å². The number of hydrogen-bond acceptors (Lipinski definition) is 4. The molecular formula is C6H12ClNO4. The van der Waals surface area contributed by atoms with Gasteiger partial charge in [0, 0.05) is 0 Å². The molecule has 0 amide bonds. The Kier molecular flexibility index (Phi) is 5.16. The van der Waals surface area contributed by atoms with Crippen LogP contribution in [0.4, 0.5) is 0 Å². The van der Waals surface area contributed by atoms with Crippen LogP contribution in [0.25, 0.3) is 0 Å². The molecule has 1 heterocycles. The lowest BCUT2D eigenvalue weighted by molar-refractivity contribution is -0.136. The van der Waals surface area contributed by atoms with E-state index in [1.54, 1.807) is 0 Å². The molecule has 2 unspecified atom stereocenters. The fraction of sp³-hybridized carbons (Fsp3) is 0.833. The molecule has 1 aliphatic rings. The van der Waals surface area contributed by atoms with Crippen molar-refractivity contribution in [1.29, 1.82) is 0 Å². The lowest BCUT2D eigenvalue weighted by Crippen LogP contribution is -2.41. The summed E-state index contributed by atoms with van der Waals surface area (Å²) >= 11 is 0.